The number of methoxy groups -OCH3 is 1. The van der Waals surface area contributed by atoms with Crippen LogP contribution in [0.3, 0.4) is 0 Å². The van der Waals surface area contributed by atoms with E-state index in [1.807, 2.05) is 24.4 Å². The lowest BCUT2D eigenvalue weighted by atomic mass is 10.1. The topological polar surface area (TPSA) is 69.9 Å². The zero-order valence-electron chi connectivity index (χ0n) is 14.7. The molecule has 0 bridgehead atoms. The van der Waals surface area contributed by atoms with Crippen LogP contribution < -0.4 is 4.74 Å². The van der Waals surface area contributed by atoms with Gasteiger partial charge in [0.25, 0.3) is 0 Å². The number of fused-ring (bicyclic) bond motifs is 1. The van der Waals surface area contributed by atoms with Crippen molar-refractivity contribution in [3.63, 3.8) is 0 Å². The van der Waals surface area contributed by atoms with E-state index in [0.717, 1.165) is 21.2 Å². The highest BCUT2D eigenvalue weighted by molar-refractivity contribution is 7.17. The summed E-state index contributed by atoms with van der Waals surface area (Å²) in [5, 5.41) is 0. The molecule has 0 radical (unpaired) electrons. The van der Waals surface area contributed by atoms with E-state index in [1.165, 1.54) is 13.2 Å². The number of ketones is 1. The van der Waals surface area contributed by atoms with Gasteiger partial charge in [-0.15, -0.1) is 11.3 Å². The van der Waals surface area contributed by atoms with Gasteiger partial charge < -0.3 is 9.47 Å². The Morgan fingerprint density at radius 2 is 1.96 bits per heavy atom. The minimum atomic E-state index is -0.459. The minimum Gasteiger partial charge on any atom is -0.482 e. The number of imidazole rings is 1. The number of nitrogens with zero attached hydrogens (tertiary/aromatic N) is 2. The number of rotatable bonds is 6. The summed E-state index contributed by atoms with van der Waals surface area (Å²) in [5.41, 5.74) is 2.31. The van der Waals surface area contributed by atoms with E-state index in [-0.39, 0.29) is 12.4 Å². The molecule has 3 rings (SSSR count). The maximum absolute atomic E-state index is 12.4. The molecule has 0 aliphatic rings. The molecule has 0 aliphatic heterocycles. The molecule has 2 heterocycles. The summed E-state index contributed by atoms with van der Waals surface area (Å²) in [6, 6.07) is 6.61. The van der Waals surface area contributed by atoms with Crippen LogP contribution in [0.5, 0.6) is 5.75 Å². The molecule has 0 saturated carbocycles. The summed E-state index contributed by atoms with van der Waals surface area (Å²) in [6.45, 7) is 3.78. The van der Waals surface area contributed by atoms with Crippen molar-refractivity contribution in [2.24, 2.45) is 0 Å². The molecule has 1 aromatic carbocycles. The van der Waals surface area contributed by atoms with Crippen molar-refractivity contribution in [3.05, 3.63) is 58.4 Å². The fourth-order valence-electron chi connectivity index (χ4n) is 2.45. The first-order valence-electron chi connectivity index (χ1n) is 7.95. The summed E-state index contributed by atoms with van der Waals surface area (Å²) in [6.07, 6.45) is 5.33. The molecule has 2 aromatic heterocycles. The Balaban J connectivity index is 1.71. The maximum atomic E-state index is 12.4. The van der Waals surface area contributed by atoms with Crippen molar-refractivity contribution < 1.29 is 19.1 Å². The van der Waals surface area contributed by atoms with E-state index in [2.05, 4.69) is 9.72 Å². The molecule has 0 aliphatic carbocycles. The SMILES string of the molecule is COC(=O)COc1ccc(C(=O)C=Cc2c(C)nc3sc(C)cn23)cc1. The standard InChI is InChI=1S/C19H18N2O4S/c1-12-10-21-16(13(2)20-19(21)26-12)8-9-17(22)14-4-6-15(7-5-14)25-11-18(23)24-3/h4-10H,11H2,1-3H3. The van der Waals surface area contributed by atoms with Crippen LogP contribution in [0.4, 0.5) is 0 Å². The first-order chi connectivity index (χ1) is 12.5. The Bertz CT molecular complexity index is 983. The Morgan fingerprint density at radius 1 is 1.23 bits per heavy atom. The first kappa shape index (κ1) is 17.9. The van der Waals surface area contributed by atoms with Crippen LogP contribution in [0.2, 0.25) is 0 Å². The lowest BCUT2D eigenvalue weighted by molar-refractivity contribution is -0.142. The quantitative estimate of drug-likeness (QED) is 0.378. The fraction of sp³-hybridized carbons (Fsp3) is 0.211. The van der Waals surface area contributed by atoms with Gasteiger partial charge in [0, 0.05) is 16.6 Å². The number of aryl methyl sites for hydroxylation is 2. The molecule has 0 saturated heterocycles. The number of hydrogen-bond acceptors (Lipinski definition) is 6. The molecular formula is C19H18N2O4S. The summed E-state index contributed by atoms with van der Waals surface area (Å²) in [5.74, 6) is -0.0805. The molecule has 134 valence electrons. The largest absolute Gasteiger partial charge is 0.482 e. The smallest absolute Gasteiger partial charge is 0.343 e. The molecule has 7 heteroatoms. The average Bonchev–Trinajstić information content (AvgIpc) is 3.12. The van der Waals surface area contributed by atoms with Crippen molar-refractivity contribution in [1.82, 2.24) is 9.38 Å². The highest BCUT2D eigenvalue weighted by Crippen LogP contribution is 2.22. The maximum Gasteiger partial charge on any atom is 0.343 e. The first-order valence-corrected chi connectivity index (χ1v) is 8.77. The molecule has 0 unspecified atom stereocenters. The van der Waals surface area contributed by atoms with E-state index < -0.39 is 5.97 Å². The van der Waals surface area contributed by atoms with Gasteiger partial charge in [0.05, 0.1) is 18.5 Å². The Labute approximate surface area is 154 Å². The van der Waals surface area contributed by atoms with Crippen LogP contribution in [0.15, 0.2) is 36.5 Å². The highest BCUT2D eigenvalue weighted by atomic mass is 32.1. The van der Waals surface area contributed by atoms with Gasteiger partial charge in [-0.25, -0.2) is 9.78 Å². The van der Waals surface area contributed by atoms with E-state index >= 15 is 0 Å². The number of thiazole rings is 1. The molecule has 0 fully saturated rings. The van der Waals surface area contributed by atoms with Gasteiger partial charge in [-0.2, -0.15) is 0 Å². The van der Waals surface area contributed by atoms with Crippen molar-refractivity contribution in [1.29, 1.82) is 0 Å². The van der Waals surface area contributed by atoms with E-state index in [4.69, 9.17) is 4.74 Å². The van der Waals surface area contributed by atoms with Crippen LogP contribution in [0.1, 0.15) is 26.6 Å². The van der Waals surface area contributed by atoms with Crippen LogP contribution >= 0.6 is 11.3 Å². The second-order valence-electron chi connectivity index (χ2n) is 5.66. The molecule has 26 heavy (non-hydrogen) atoms. The molecular weight excluding hydrogens is 352 g/mol. The van der Waals surface area contributed by atoms with Gasteiger partial charge >= 0.3 is 5.97 Å². The van der Waals surface area contributed by atoms with Crippen LogP contribution in [-0.2, 0) is 9.53 Å². The highest BCUT2D eigenvalue weighted by Gasteiger charge is 2.10. The summed E-state index contributed by atoms with van der Waals surface area (Å²) < 4.78 is 11.8. The number of hydrogen-bond donors (Lipinski definition) is 0. The number of carbonyl (C=O) groups is 2. The average molecular weight is 370 g/mol. The van der Waals surface area contributed by atoms with Crippen LogP contribution in [0.25, 0.3) is 11.0 Å². The summed E-state index contributed by atoms with van der Waals surface area (Å²) in [7, 11) is 1.30. The zero-order valence-corrected chi connectivity index (χ0v) is 15.5. The number of aromatic nitrogens is 2. The second-order valence-corrected chi connectivity index (χ2v) is 6.88. The third kappa shape index (κ3) is 3.83. The van der Waals surface area contributed by atoms with Crippen LogP contribution in [-0.4, -0.2) is 34.9 Å². The van der Waals surface area contributed by atoms with Crippen LogP contribution in [0, 0.1) is 13.8 Å². The molecule has 0 spiro atoms. The Kier molecular flexibility index (Phi) is 5.18. The predicted molar refractivity (Wildman–Crippen MR) is 99.9 cm³/mol. The zero-order chi connectivity index (χ0) is 18.7. The third-order valence-corrected chi connectivity index (χ3v) is 4.68. The van der Waals surface area contributed by atoms with Crippen molar-refractivity contribution in [2.75, 3.05) is 13.7 Å². The molecule has 0 atom stereocenters. The summed E-state index contributed by atoms with van der Waals surface area (Å²) >= 11 is 1.61. The lowest BCUT2D eigenvalue weighted by Gasteiger charge is -2.04. The summed E-state index contributed by atoms with van der Waals surface area (Å²) in [4.78, 5) is 30.0. The number of ether oxygens (including phenoxy) is 2. The molecule has 3 aromatic rings. The number of esters is 1. The Hall–Kier alpha value is -2.93. The van der Waals surface area contributed by atoms with Gasteiger partial charge in [0.2, 0.25) is 0 Å². The van der Waals surface area contributed by atoms with Crippen molar-refractivity contribution in [2.45, 2.75) is 13.8 Å². The van der Waals surface area contributed by atoms with Gasteiger partial charge in [-0.05, 0) is 50.3 Å². The van der Waals surface area contributed by atoms with Crippen molar-refractivity contribution in [3.8, 4) is 5.75 Å². The Morgan fingerprint density at radius 3 is 2.65 bits per heavy atom. The van der Waals surface area contributed by atoms with Gasteiger partial charge in [0.15, 0.2) is 17.4 Å². The third-order valence-electron chi connectivity index (χ3n) is 3.78. The van der Waals surface area contributed by atoms with E-state index in [9.17, 15) is 9.59 Å². The predicted octanol–water partition coefficient (Wildman–Crippen LogP) is 3.46. The van der Waals surface area contributed by atoms with E-state index in [0.29, 0.717) is 11.3 Å². The van der Waals surface area contributed by atoms with Crippen molar-refractivity contribution >= 4 is 34.1 Å². The monoisotopic (exact) mass is 370 g/mol. The number of carbonyl (C=O) groups excluding carboxylic acids is 2. The van der Waals surface area contributed by atoms with E-state index in [1.54, 1.807) is 41.7 Å². The molecule has 0 amide bonds. The number of allylic oxidation sites excluding steroid dienone is 1. The number of benzene rings is 1. The second kappa shape index (κ2) is 7.53. The van der Waals surface area contributed by atoms with Gasteiger partial charge in [-0.1, -0.05) is 0 Å². The molecule has 0 N–H and O–H groups in total. The minimum absolute atomic E-state index is 0.120. The fourth-order valence-corrected chi connectivity index (χ4v) is 3.33. The van der Waals surface area contributed by atoms with Gasteiger partial charge in [-0.3, -0.25) is 9.20 Å². The lowest BCUT2D eigenvalue weighted by Crippen LogP contribution is -2.12. The normalized spacial score (nSPS) is 11.2. The molecule has 6 nitrogen and oxygen atoms in total. The van der Waals surface area contributed by atoms with Gasteiger partial charge in [0.1, 0.15) is 5.75 Å².